The van der Waals surface area contributed by atoms with E-state index in [-0.39, 0.29) is 18.8 Å². The van der Waals surface area contributed by atoms with Gasteiger partial charge in [0.2, 0.25) is 6.23 Å². The summed E-state index contributed by atoms with van der Waals surface area (Å²) < 4.78 is 57.6. The van der Waals surface area contributed by atoms with Gasteiger partial charge in [0.05, 0.1) is 24.9 Å². The number of nitrogens with zero attached hydrogens (tertiary/aromatic N) is 1. The Morgan fingerprint density at radius 1 is 1.39 bits per heavy atom. The molecule has 158 valence electrons. The van der Waals surface area contributed by atoms with Crippen molar-refractivity contribution in [3.05, 3.63) is 38.1 Å². The van der Waals surface area contributed by atoms with Gasteiger partial charge in [0.15, 0.2) is 0 Å². The number of hydrogen-bond acceptors (Lipinski definition) is 7. The highest BCUT2D eigenvalue weighted by Crippen LogP contribution is 2.53. The number of nitrogens with one attached hydrogen (secondary N) is 1. The second kappa shape index (κ2) is 8.98. The fraction of sp³-hybridized carbons (Fsp3) is 0.600. The Labute approximate surface area is 163 Å². The van der Waals surface area contributed by atoms with E-state index >= 15 is 0 Å². The van der Waals surface area contributed by atoms with Gasteiger partial charge in [-0.25, -0.2) is 4.79 Å². The molecule has 2 heterocycles. The molecule has 2 N–H and O–H groups in total. The summed E-state index contributed by atoms with van der Waals surface area (Å²) in [4.78, 5) is 25.6. The standard InChI is InChI=1S/C15H20ClF2N2O7P/c1-3-25-28(24,26-4-2)8-10-11(21)15(17,18)13(27-10)20-7-9(5-6-16)12(22)19-14(20)23/h5-7,10-11,13,21H,3-4,8H2,1-2H3,(H,19,22,23)/b6-5+/t10-,11-,13-/m1/s1. The average Bonchev–Trinajstić information content (AvgIpc) is 2.81. The number of alkyl halides is 2. The normalized spacial score (nSPS) is 24.9. The summed E-state index contributed by atoms with van der Waals surface area (Å²) in [6, 6.07) is 0. The van der Waals surface area contributed by atoms with Gasteiger partial charge in [-0.2, -0.15) is 8.78 Å². The molecule has 0 unspecified atom stereocenters. The highest BCUT2D eigenvalue weighted by Gasteiger charge is 2.61. The van der Waals surface area contributed by atoms with Crippen molar-refractivity contribution in [3.63, 3.8) is 0 Å². The number of halogens is 3. The van der Waals surface area contributed by atoms with Gasteiger partial charge in [-0.15, -0.1) is 0 Å². The number of aromatic nitrogens is 2. The third-order valence-corrected chi connectivity index (χ3v) is 6.16. The Bertz CT molecular complexity index is 878. The zero-order valence-corrected chi connectivity index (χ0v) is 16.7. The van der Waals surface area contributed by atoms with Gasteiger partial charge >= 0.3 is 19.2 Å². The molecule has 0 spiro atoms. The number of aliphatic hydroxyl groups is 1. The maximum atomic E-state index is 14.6. The first-order chi connectivity index (χ1) is 13.1. The van der Waals surface area contributed by atoms with Gasteiger partial charge in [-0.3, -0.25) is 18.9 Å². The van der Waals surface area contributed by atoms with E-state index < -0.39 is 49.4 Å². The number of aromatic amines is 1. The fourth-order valence-electron chi connectivity index (χ4n) is 2.74. The summed E-state index contributed by atoms with van der Waals surface area (Å²) in [5, 5.41) is 10.0. The molecule has 3 atom stereocenters. The second-order valence-corrected chi connectivity index (χ2v) is 8.17. The predicted octanol–water partition coefficient (Wildman–Crippen LogP) is 1.91. The minimum absolute atomic E-state index is 0.00653. The molecule has 1 aromatic heterocycles. The SMILES string of the molecule is CCOP(=O)(C[C@H]1O[C@@H](n2cc(/C=C/Cl)c(=O)[nH]c2=O)C(F)(F)[C@@H]1O)OCC. The van der Waals surface area contributed by atoms with Crippen molar-refractivity contribution in [1.82, 2.24) is 9.55 Å². The first kappa shape index (κ1) is 22.9. The van der Waals surface area contributed by atoms with E-state index in [4.69, 9.17) is 25.4 Å². The molecule has 0 amide bonds. The molecule has 1 aliphatic heterocycles. The Kier molecular flexibility index (Phi) is 7.35. The van der Waals surface area contributed by atoms with Crippen LogP contribution < -0.4 is 11.2 Å². The van der Waals surface area contributed by atoms with E-state index in [1.54, 1.807) is 13.8 Å². The number of hydrogen-bond donors (Lipinski definition) is 2. The molecule has 1 aliphatic rings. The summed E-state index contributed by atoms with van der Waals surface area (Å²) >= 11 is 5.40. The monoisotopic (exact) mass is 444 g/mol. The van der Waals surface area contributed by atoms with Crippen LogP contribution in [0.2, 0.25) is 0 Å². The van der Waals surface area contributed by atoms with Gasteiger partial charge in [0, 0.05) is 11.7 Å². The lowest BCUT2D eigenvalue weighted by atomic mass is 10.1. The molecule has 0 bridgehead atoms. The molecule has 9 nitrogen and oxygen atoms in total. The maximum Gasteiger partial charge on any atom is 0.333 e. The highest BCUT2D eigenvalue weighted by atomic mass is 35.5. The minimum Gasteiger partial charge on any atom is -0.384 e. The molecule has 1 fully saturated rings. The van der Waals surface area contributed by atoms with Crippen molar-refractivity contribution < 1.29 is 32.2 Å². The van der Waals surface area contributed by atoms with Crippen LogP contribution in [0.15, 0.2) is 21.3 Å². The van der Waals surface area contributed by atoms with Gasteiger partial charge in [-0.05, 0) is 19.9 Å². The number of aliphatic hydroxyl groups excluding tert-OH is 1. The van der Waals surface area contributed by atoms with Crippen LogP contribution in [0.5, 0.6) is 0 Å². The Hall–Kier alpha value is -1.36. The smallest absolute Gasteiger partial charge is 0.333 e. The van der Waals surface area contributed by atoms with Crippen LogP contribution in [0.1, 0.15) is 25.6 Å². The van der Waals surface area contributed by atoms with Crippen LogP contribution in [0.25, 0.3) is 6.08 Å². The van der Waals surface area contributed by atoms with E-state index in [1.165, 1.54) is 0 Å². The molecule has 28 heavy (non-hydrogen) atoms. The highest BCUT2D eigenvalue weighted by molar-refractivity contribution is 7.53. The molecule has 0 radical (unpaired) electrons. The molecule has 1 aromatic rings. The lowest BCUT2D eigenvalue weighted by molar-refractivity contribution is -0.140. The largest absolute Gasteiger partial charge is 0.384 e. The van der Waals surface area contributed by atoms with Crippen LogP contribution in [-0.2, 0) is 18.3 Å². The predicted molar refractivity (Wildman–Crippen MR) is 96.8 cm³/mol. The van der Waals surface area contributed by atoms with Gasteiger partial charge in [0.25, 0.3) is 5.56 Å². The molecule has 1 saturated heterocycles. The zero-order valence-electron chi connectivity index (χ0n) is 15.0. The summed E-state index contributed by atoms with van der Waals surface area (Å²) in [5.74, 6) is -3.93. The molecule has 13 heteroatoms. The third kappa shape index (κ3) is 4.61. The molecular weight excluding hydrogens is 425 g/mol. The van der Waals surface area contributed by atoms with Crippen LogP contribution in [0.3, 0.4) is 0 Å². The molecular formula is C15H20ClF2N2O7P. The van der Waals surface area contributed by atoms with Crippen LogP contribution in [0.4, 0.5) is 8.78 Å². The van der Waals surface area contributed by atoms with E-state index in [0.29, 0.717) is 4.57 Å². The second-order valence-electron chi connectivity index (χ2n) is 5.82. The molecule has 0 aliphatic carbocycles. The number of H-pyrrole nitrogens is 1. The lowest BCUT2D eigenvalue weighted by Crippen LogP contribution is -2.43. The van der Waals surface area contributed by atoms with E-state index in [9.17, 15) is 28.0 Å². The van der Waals surface area contributed by atoms with Crippen molar-refractivity contribution in [3.8, 4) is 0 Å². The van der Waals surface area contributed by atoms with E-state index in [2.05, 4.69) is 0 Å². The van der Waals surface area contributed by atoms with Crippen LogP contribution in [-0.4, -0.2) is 52.2 Å². The van der Waals surface area contributed by atoms with Crippen LogP contribution in [0, 0.1) is 0 Å². The number of ether oxygens (including phenoxy) is 1. The van der Waals surface area contributed by atoms with Crippen molar-refractivity contribution in [1.29, 1.82) is 0 Å². The van der Waals surface area contributed by atoms with Gasteiger partial charge < -0.3 is 18.9 Å². The van der Waals surface area contributed by atoms with Crippen molar-refractivity contribution in [2.45, 2.75) is 38.2 Å². The summed E-state index contributed by atoms with van der Waals surface area (Å²) in [6.07, 6.45) is -5.01. The summed E-state index contributed by atoms with van der Waals surface area (Å²) in [7, 11) is -3.81. The van der Waals surface area contributed by atoms with Gasteiger partial charge in [0.1, 0.15) is 12.2 Å². The first-order valence-electron chi connectivity index (χ1n) is 8.31. The third-order valence-electron chi connectivity index (χ3n) is 3.93. The van der Waals surface area contributed by atoms with Crippen molar-refractivity contribution in [2.24, 2.45) is 0 Å². The Morgan fingerprint density at radius 3 is 2.54 bits per heavy atom. The van der Waals surface area contributed by atoms with Crippen molar-refractivity contribution in [2.75, 3.05) is 19.4 Å². The summed E-state index contributed by atoms with van der Waals surface area (Å²) in [5.41, 5.74) is -1.23. The lowest BCUT2D eigenvalue weighted by Gasteiger charge is -2.22. The molecule has 0 saturated carbocycles. The topological polar surface area (TPSA) is 120 Å². The Morgan fingerprint density at radius 2 is 2.00 bits per heavy atom. The van der Waals surface area contributed by atoms with Gasteiger partial charge in [-0.1, -0.05) is 11.6 Å². The van der Waals surface area contributed by atoms with E-state index in [0.717, 1.165) is 17.8 Å². The Balaban J connectivity index is 2.41. The maximum absolute atomic E-state index is 14.6. The summed E-state index contributed by atoms with van der Waals surface area (Å²) in [6.45, 7) is 3.07. The van der Waals surface area contributed by atoms with Crippen molar-refractivity contribution >= 4 is 25.3 Å². The molecule has 2 rings (SSSR count). The quantitative estimate of drug-likeness (QED) is 0.588. The van der Waals surface area contributed by atoms with E-state index in [1.807, 2.05) is 4.98 Å². The average molecular weight is 445 g/mol. The number of rotatable bonds is 8. The molecule has 0 aromatic carbocycles. The first-order valence-corrected chi connectivity index (χ1v) is 10.5. The van der Waals surface area contributed by atoms with Crippen LogP contribution >= 0.6 is 19.2 Å². The zero-order chi connectivity index (χ0) is 21.1. The fourth-order valence-corrected chi connectivity index (χ4v) is 4.67. The minimum atomic E-state index is -3.93.